The summed E-state index contributed by atoms with van der Waals surface area (Å²) in [5, 5.41) is 3.20. The standard InChI is InChI=1S/C20H15ClN2O4S2/c21-13-3-1-2-4-14(13)22-18(24)7-8-23-19(25)17(29-20(23)28)10-12-5-6-15-16(9-12)27-11-26-15/h1-6,9-10H,7-8,11H2,(H,22,24). The van der Waals surface area contributed by atoms with Crippen LogP contribution in [-0.2, 0) is 9.59 Å². The molecule has 1 N–H and O–H groups in total. The number of nitrogens with zero attached hydrogens (tertiary/aromatic N) is 1. The van der Waals surface area contributed by atoms with Crippen molar-refractivity contribution in [1.82, 2.24) is 4.90 Å². The van der Waals surface area contributed by atoms with Gasteiger partial charge in [0.2, 0.25) is 12.7 Å². The molecule has 2 aliphatic rings. The van der Waals surface area contributed by atoms with E-state index in [-0.39, 0.29) is 31.6 Å². The smallest absolute Gasteiger partial charge is 0.266 e. The number of ether oxygens (including phenoxy) is 2. The summed E-state index contributed by atoms with van der Waals surface area (Å²) < 4.78 is 11.1. The molecule has 1 fully saturated rings. The Labute approximate surface area is 181 Å². The second-order valence-electron chi connectivity index (χ2n) is 6.22. The number of nitrogens with one attached hydrogen (secondary N) is 1. The van der Waals surface area contributed by atoms with Crippen molar-refractivity contribution in [3.63, 3.8) is 0 Å². The van der Waals surface area contributed by atoms with Gasteiger partial charge in [-0.1, -0.05) is 53.8 Å². The van der Waals surface area contributed by atoms with Crippen molar-refractivity contribution in [3.05, 3.63) is 58.0 Å². The van der Waals surface area contributed by atoms with Gasteiger partial charge in [-0.15, -0.1) is 0 Å². The zero-order chi connectivity index (χ0) is 20.4. The molecule has 2 amide bonds. The lowest BCUT2D eigenvalue weighted by molar-refractivity contribution is -0.122. The first-order chi connectivity index (χ1) is 14.0. The number of hydrogen-bond donors (Lipinski definition) is 1. The van der Waals surface area contributed by atoms with Gasteiger partial charge in [-0.3, -0.25) is 14.5 Å². The van der Waals surface area contributed by atoms with Gasteiger partial charge in [-0.2, -0.15) is 0 Å². The van der Waals surface area contributed by atoms with Crippen molar-refractivity contribution in [2.24, 2.45) is 0 Å². The summed E-state index contributed by atoms with van der Waals surface area (Å²) in [6.45, 7) is 0.386. The van der Waals surface area contributed by atoms with E-state index in [1.165, 1.54) is 16.7 Å². The number of para-hydroxylation sites is 1. The van der Waals surface area contributed by atoms with Crippen LogP contribution in [0.5, 0.6) is 11.5 Å². The van der Waals surface area contributed by atoms with Crippen LogP contribution < -0.4 is 14.8 Å². The normalized spacial score (nSPS) is 16.6. The molecule has 0 unspecified atom stereocenters. The van der Waals surface area contributed by atoms with Crippen molar-refractivity contribution >= 4 is 63.5 Å². The van der Waals surface area contributed by atoms with E-state index in [1.807, 2.05) is 12.1 Å². The highest BCUT2D eigenvalue weighted by atomic mass is 35.5. The number of benzene rings is 2. The SMILES string of the molecule is O=C(CCN1C(=O)C(=Cc2ccc3c(c2)OCO3)SC1=S)Nc1ccccc1Cl. The number of carbonyl (C=O) groups excluding carboxylic acids is 2. The van der Waals surface area contributed by atoms with Gasteiger partial charge in [0.05, 0.1) is 15.6 Å². The van der Waals surface area contributed by atoms with Gasteiger partial charge in [0, 0.05) is 13.0 Å². The molecule has 29 heavy (non-hydrogen) atoms. The number of thiocarbonyl (C=S) groups is 1. The first kappa shape index (κ1) is 19.8. The summed E-state index contributed by atoms with van der Waals surface area (Å²) in [6, 6.07) is 12.4. The lowest BCUT2D eigenvalue weighted by Crippen LogP contribution is -2.31. The van der Waals surface area contributed by atoms with E-state index >= 15 is 0 Å². The first-order valence-electron chi connectivity index (χ1n) is 8.70. The average molecular weight is 447 g/mol. The van der Waals surface area contributed by atoms with E-state index in [1.54, 1.807) is 36.4 Å². The number of rotatable bonds is 5. The fourth-order valence-corrected chi connectivity index (χ4v) is 4.33. The van der Waals surface area contributed by atoms with Gasteiger partial charge in [-0.25, -0.2) is 0 Å². The fraction of sp³-hybridized carbons (Fsp3) is 0.150. The molecule has 9 heteroatoms. The van der Waals surface area contributed by atoms with Crippen LogP contribution in [0.1, 0.15) is 12.0 Å². The monoisotopic (exact) mass is 446 g/mol. The topological polar surface area (TPSA) is 67.9 Å². The first-order valence-corrected chi connectivity index (χ1v) is 10.3. The maximum atomic E-state index is 12.7. The molecule has 1 saturated heterocycles. The van der Waals surface area contributed by atoms with Gasteiger partial charge in [0.1, 0.15) is 4.32 Å². The predicted octanol–water partition coefficient (Wildman–Crippen LogP) is 4.30. The van der Waals surface area contributed by atoms with E-state index in [4.69, 9.17) is 33.3 Å². The molecule has 0 aromatic heterocycles. The molecule has 2 aromatic rings. The van der Waals surface area contributed by atoms with E-state index in [2.05, 4.69) is 5.32 Å². The van der Waals surface area contributed by atoms with Crippen LogP contribution in [0.4, 0.5) is 5.69 Å². The number of amides is 2. The Morgan fingerprint density at radius 3 is 2.86 bits per heavy atom. The van der Waals surface area contributed by atoms with Gasteiger partial charge >= 0.3 is 0 Å². The highest BCUT2D eigenvalue weighted by Gasteiger charge is 2.32. The third-order valence-corrected chi connectivity index (χ3v) is 5.99. The van der Waals surface area contributed by atoms with Gasteiger partial charge in [-0.05, 0) is 35.9 Å². The second-order valence-corrected chi connectivity index (χ2v) is 8.31. The number of fused-ring (bicyclic) bond motifs is 1. The Balaban J connectivity index is 1.39. The fourth-order valence-electron chi connectivity index (χ4n) is 2.84. The van der Waals surface area contributed by atoms with E-state index < -0.39 is 0 Å². The number of anilines is 1. The van der Waals surface area contributed by atoms with Gasteiger partial charge < -0.3 is 14.8 Å². The van der Waals surface area contributed by atoms with Crippen LogP contribution >= 0.6 is 35.6 Å². The number of thioether (sulfide) groups is 1. The third kappa shape index (κ3) is 4.39. The van der Waals surface area contributed by atoms with E-state index in [0.29, 0.717) is 31.4 Å². The minimum atomic E-state index is -0.244. The molecular formula is C20H15ClN2O4S2. The summed E-state index contributed by atoms with van der Waals surface area (Å²) in [7, 11) is 0. The van der Waals surface area contributed by atoms with Crippen LogP contribution in [0.2, 0.25) is 5.02 Å². The summed E-state index contributed by atoms with van der Waals surface area (Å²) >= 11 is 12.6. The number of carbonyl (C=O) groups is 2. The van der Waals surface area contributed by atoms with Crippen molar-refractivity contribution in [1.29, 1.82) is 0 Å². The molecule has 2 aromatic carbocycles. The van der Waals surface area contributed by atoms with Crippen molar-refractivity contribution in [2.45, 2.75) is 6.42 Å². The van der Waals surface area contributed by atoms with E-state index in [9.17, 15) is 9.59 Å². The molecule has 0 saturated carbocycles. The quantitative estimate of drug-likeness (QED) is 0.545. The zero-order valence-electron chi connectivity index (χ0n) is 15.0. The maximum Gasteiger partial charge on any atom is 0.266 e. The lowest BCUT2D eigenvalue weighted by atomic mass is 10.2. The molecule has 0 radical (unpaired) electrons. The number of halogens is 1. The molecule has 0 atom stereocenters. The Hall–Kier alpha value is -2.55. The molecule has 0 spiro atoms. The molecule has 4 rings (SSSR count). The maximum absolute atomic E-state index is 12.7. The summed E-state index contributed by atoms with van der Waals surface area (Å²) in [5.41, 5.74) is 1.35. The zero-order valence-corrected chi connectivity index (χ0v) is 17.4. The van der Waals surface area contributed by atoms with E-state index in [0.717, 1.165) is 5.56 Å². The molecule has 6 nitrogen and oxygen atoms in total. The lowest BCUT2D eigenvalue weighted by Gasteiger charge is -2.14. The number of hydrogen-bond acceptors (Lipinski definition) is 6. The Morgan fingerprint density at radius 1 is 1.24 bits per heavy atom. The minimum absolute atomic E-state index is 0.106. The Morgan fingerprint density at radius 2 is 2.03 bits per heavy atom. The molecule has 148 valence electrons. The highest BCUT2D eigenvalue weighted by Crippen LogP contribution is 2.36. The Kier molecular flexibility index (Phi) is 5.75. The van der Waals surface area contributed by atoms with Crippen LogP contribution in [-0.4, -0.2) is 34.4 Å². The minimum Gasteiger partial charge on any atom is -0.454 e. The van der Waals surface area contributed by atoms with Gasteiger partial charge in [0.25, 0.3) is 5.91 Å². The van der Waals surface area contributed by atoms with Crippen LogP contribution in [0, 0.1) is 0 Å². The largest absolute Gasteiger partial charge is 0.454 e. The van der Waals surface area contributed by atoms with Crippen molar-refractivity contribution < 1.29 is 19.1 Å². The molecular weight excluding hydrogens is 432 g/mol. The van der Waals surface area contributed by atoms with Gasteiger partial charge in [0.15, 0.2) is 11.5 Å². The predicted molar refractivity (Wildman–Crippen MR) is 117 cm³/mol. The van der Waals surface area contributed by atoms with Crippen LogP contribution in [0.25, 0.3) is 6.08 Å². The summed E-state index contributed by atoms with van der Waals surface area (Å²) in [5.74, 6) is 0.861. The van der Waals surface area contributed by atoms with Crippen molar-refractivity contribution in [2.75, 3.05) is 18.7 Å². The Bertz CT molecular complexity index is 1040. The molecule has 0 bridgehead atoms. The molecule has 2 heterocycles. The highest BCUT2D eigenvalue weighted by molar-refractivity contribution is 8.26. The van der Waals surface area contributed by atoms with Crippen molar-refractivity contribution in [3.8, 4) is 11.5 Å². The van der Waals surface area contributed by atoms with Crippen LogP contribution in [0.15, 0.2) is 47.4 Å². The molecule has 2 aliphatic heterocycles. The third-order valence-electron chi connectivity index (χ3n) is 4.28. The second kappa shape index (κ2) is 8.44. The van der Waals surface area contributed by atoms with Crippen LogP contribution in [0.3, 0.4) is 0 Å². The summed E-state index contributed by atoms with van der Waals surface area (Å²) in [6.07, 6.45) is 1.86. The molecule has 0 aliphatic carbocycles. The summed E-state index contributed by atoms with van der Waals surface area (Å²) in [4.78, 5) is 26.9. The average Bonchev–Trinajstić information content (AvgIpc) is 3.26.